The summed E-state index contributed by atoms with van der Waals surface area (Å²) < 4.78 is 6.44. The van der Waals surface area contributed by atoms with Crippen LogP contribution < -0.4 is 4.74 Å². The first kappa shape index (κ1) is 19.9. The summed E-state index contributed by atoms with van der Waals surface area (Å²) in [5.41, 5.74) is 10.3. The van der Waals surface area contributed by atoms with Crippen molar-refractivity contribution in [3.05, 3.63) is 120 Å². The lowest BCUT2D eigenvalue weighted by Gasteiger charge is -2.23. The molecule has 1 heteroatoms. The molecule has 0 bridgehead atoms. The lowest BCUT2D eigenvalue weighted by molar-refractivity contribution is 0.487. The molecule has 36 heavy (non-hydrogen) atoms. The highest BCUT2D eigenvalue weighted by Gasteiger charge is 2.36. The fraction of sp³-hybridized carbons (Fsp3) is 0.0857. The summed E-state index contributed by atoms with van der Waals surface area (Å²) in [6.45, 7) is 4.71. The number of hydrogen-bond acceptors (Lipinski definition) is 1. The van der Waals surface area contributed by atoms with Crippen LogP contribution in [0.2, 0.25) is 0 Å². The van der Waals surface area contributed by atoms with Gasteiger partial charge in [0.05, 0.1) is 0 Å². The Morgan fingerprint density at radius 1 is 0.472 bits per heavy atom. The first-order valence-electron chi connectivity index (χ1n) is 12.6. The lowest BCUT2D eigenvalue weighted by Crippen LogP contribution is -2.15. The van der Waals surface area contributed by atoms with Crippen LogP contribution in [0.3, 0.4) is 0 Å². The van der Waals surface area contributed by atoms with Crippen LogP contribution in [0.15, 0.2) is 109 Å². The van der Waals surface area contributed by atoms with Crippen LogP contribution >= 0.6 is 0 Å². The Kier molecular flexibility index (Phi) is 3.79. The zero-order valence-corrected chi connectivity index (χ0v) is 20.3. The van der Waals surface area contributed by atoms with Gasteiger partial charge in [0, 0.05) is 16.4 Å². The van der Waals surface area contributed by atoms with E-state index in [2.05, 4.69) is 117 Å². The second-order valence-electron chi connectivity index (χ2n) is 10.6. The maximum atomic E-state index is 6.44. The van der Waals surface area contributed by atoms with Gasteiger partial charge in [0.25, 0.3) is 0 Å². The van der Waals surface area contributed by atoms with Gasteiger partial charge in [-0.1, -0.05) is 86.6 Å². The fourth-order valence-electron chi connectivity index (χ4n) is 6.36. The Balaban J connectivity index is 1.31. The Hall–Kier alpha value is -4.36. The van der Waals surface area contributed by atoms with Crippen molar-refractivity contribution >= 4 is 21.5 Å². The largest absolute Gasteiger partial charge is 0.456 e. The molecule has 8 rings (SSSR count). The second kappa shape index (κ2) is 6.86. The number of fused-ring (bicyclic) bond motifs is 6. The summed E-state index contributed by atoms with van der Waals surface area (Å²) in [5.74, 6) is 1.86. The Morgan fingerprint density at radius 2 is 1.19 bits per heavy atom. The third-order valence-electron chi connectivity index (χ3n) is 8.21. The molecule has 0 spiro atoms. The molecule has 0 saturated carbocycles. The number of benzene rings is 6. The minimum Gasteiger partial charge on any atom is -0.456 e. The normalized spacial score (nSPS) is 14.3. The van der Waals surface area contributed by atoms with Crippen molar-refractivity contribution in [3.63, 3.8) is 0 Å². The zero-order chi connectivity index (χ0) is 24.0. The van der Waals surface area contributed by atoms with Crippen molar-refractivity contribution in [2.45, 2.75) is 19.3 Å². The first-order chi connectivity index (χ1) is 17.6. The van der Waals surface area contributed by atoms with E-state index in [1.807, 2.05) is 6.07 Å². The van der Waals surface area contributed by atoms with E-state index in [-0.39, 0.29) is 5.41 Å². The van der Waals surface area contributed by atoms with Crippen molar-refractivity contribution in [3.8, 4) is 44.9 Å². The van der Waals surface area contributed by atoms with E-state index in [9.17, 15) is 0 Å². The highest BCUT2D eigenvalue weighted by molar-refractivity contribution is 6.06. The average Bonchev–Trinajstić information content (AvgIpc) is 3.13. The molecular weight excluding hydrogens is 436 g/mol. The van der Waals surface area contributed by atoms with E-state index < -0.39 is 0 Å². The Labute approximate surface area is 210 Å². The van der Waals surface area contributed by atoms with Crippen LogP contribution in [-0.4, -0.2) is 0 Å². The molecule has 1 aliphatic carbocycles. The monoisotopic (exact) mass is 460 g/mol. The van der Waals surface area contributed by atoms with Gasteiger partial charge in [0.1, 0.15) is 11.5 Å². The van der Waals surface area contributed by atoms with Crippen molar-refractivity contribution in [1.82, 2.24) is 0 Å². The topological polar surface area (TPSA) is 9.23 Å². The molecule has 0 atom stereocenters. The van der Waals surface area contributed by atoms with Crippen LogP contribution in [-0.2, 0) is 5.41 Å². The Morgan fingerprint density at radius 3 is 2.08 bits per heavy atom. The van der Waals surface area contributed by atoms with Gasteiger partial charge in [-0.2, -0.15) is 0 Å². The molecule has 1 heterocycles. The third-order valence-corrected chi connectivity index (χ3v) is 8.21. The van der Waals surface area contributed by atoms with Crippen molar-refractivity contribution in [1.29, 1.82) is 0 Å². The zero-order valence-electron chi connectivity index (χ0n) is 20.3. The summed E-state index contributed by atoms with van der Waals surface area (Å²) in [4.78, 5) is 0. The molecule has 0 amide bonds. The third kappa shape index (κ3) is 2.60. The molecule has 0 saturated heterocycles. The van der Waals surface area contributed by atoms with Crippen molar-refractivity contribution in [2.75, 3.05) is 0 Å². The van der Waals surface area contributed by atoms with Gasteiger partial charge in [-0.25, -0.2) is 0 Å². The smallest absolute Gasteiger partial charge is 0.136 e. The molecule has 0 aromatic heterocycles. The van der Waals surface area contributed by atoms with E-state index >= 15 is 0 Å². The molecule has 2 aliphatic rings. The first-order valence-corrected chi connectivity index (χ1v) is 12.6. The standard InChI is InChI=1S/C35H24O/c1-35(2)30-19-23(14-15-26(30)29-17-21-8-3-4-9-22(21)18-31(29)35)25-16-24-10-7-12-28-27-11-5-6-13-32(27)36-33(20-25)34(24)28/h3-20H,1-2H3. The van der Waals surface area contributed by atoms with E-state index in [1.54, 1.807) is 0 Å². The van der Waals surface area contributed by atoms with Crippen molar-refractivity contribution in [2.24, 2.45) is 0 Å². The predicted molar refractivity (Wildman–Crippen MR) is 150 cm³/mol. The average molecular weight is 461 g/mol. The summed E-state index contributed by atoms with van der Waals surface area (Å²) in [7, 11) is 0. The van der Waals surface area contributed by atoms with Gasteiger partial charge < -0.3 is 4.74 Å². The number of ether oxygens (including phenoxy) is 1. The van der Waals surface area contributed by atoms with E-state index in [1.165, 1.54) is 60.5 Å². The minimum absolute atomic E-state index is 0.0571. The molecule has 6 aromatic rings. The number of hydrogen-bond donors (Lipinski definition) is 0. The molecular formula is C35H24O. The van der Waals surface area contributed by atoms with E-state index in [0.717, 1.165) is 17.1 Å². The summed E-state index contributed by atoms with van der Waals surface area (Å²) in [6, 6.07) is 39.8. The van der Waals surface area contributed by atoms with Crippen molar-refractivity contribution < 1.29 is 4.74 Å². The molecule has 0 fully saturated rings. The van der Waals surface area contributed by atoms with Crippen LogP contribution in [0.4, 0.5) is 0 Å². The van der Waals surface area contributed by atoms with Crippen LogP contribution in [0, 0.1) is 0 Å². The van der Waals surface area contributed by atoms with Gasteiger partial charge in [0.15, 0.2) is 0 Å². The van der Waals surface area contributed by atoms with Crippen LogP contribution in [0.5, 0.6) is 11.5 Å². The summed E-state index contributed by atoms with van der Waals surface area (Å²) in [5, 5.41) is 5.01. The molecule has 170 valence electrons. The van der Waals surface area contributed by atoms with Crippen LogP contribution in [0.1, 0.15) is 25.0 Å². The molecule has 0 N–H and O–H groups in total. The Bertz CT molecular complexity index is 1890. The summed E-state index contributed by atoms with van der Waals surface area (Å²) in [6.07, 6.45) is 0. The molecule has 0 radical (unpaired) electrons. The lowest BCUT2D eigenvalue weighted by atomic mass is 9.81. The second-order valence-corrected chi connectivity index (χ2v) is 10.6. The maximum absolute atomic E-state index is 6.44. The predicted octanol–water partition coefficient (Wildman–Crippen LogP) is 9.74. The van der Waals surface area contributed by atoms with E-state index in [4.69, 9.17) is 4.74 Å². The summed E-state index contributed by atoms with van der Waals surface area (Å²) >= 11 is 0. The van der Waals surface area contributed by atoms with E-state index in [0.29, 0.717) is 0 Å². The molecule has 1 nitrogen and oxygen atoms in total. The quantitative estimate of drug-likeness (QED) is 0.237. The number of rotatable bonds is 1. The van der Waals surface area contributed by atoms with Gasteiger partial charge >= 0.3 is 0 Å². The van der Waals surface area contributed by atoms with Gasteiger partial charge in [-0.15, -0.1) is 0 Å². The van der Waals surface area contributed by atoms with Gasteiger partial charge in [-0.05, 0) is 91.5 Å². The van der Waals surface area contributed by atoms with Crippen LogP contribution in [0.25, 0.3) is 54.9 Å². The minimum atomic E-state index is -0.0571. The molecule has 0 unspecified atom stereocenters. The SMILES string of the molecule is CC1(C)c2cc(-c3cc4c5c(cccc5c3)-c3ccccc3O4)ccc2-c2cc3ccccc3cc21. The fourth-order valence-corrected chi connectivity index (χ4v) is 6.36. The molecule has 6 aromatic carbocycles. The molecule has 1 aliphatic heterocycles. The van der Waals surface area contributed by atoms with Gasteiger partial charge in [0.2, 0.25) is 0 Å². The van der Waals surface area contributed by atoms with Gasteiger partial charge in [-0.3, -0.25) is 0 Å². The number of para-hydroxylation sites is 1. The highest BCUT2D eigenvalue weighted by atomic mass is 16.5. The highest BCUT2D eigenvalue weighted by Crippen LogP contribution is 2.52. The maximum Gasteiger partial charge on any atom is 0.136 e.